The van der Waals surface area contributed by atoms with E-state index in [1.54, 1.807) is 0 Å². The molecule has 3 nitrogen and oxygen atoms in total. The summed E-state index contributed by atoms with van der Waals surface area (Å²) in [7, 11) is 0. The van der Waals surface area contributed by atoms with Gasteiger partial charge in [-0.15, -0.1) is 0 Å². The Morgan fingerprint density at radius 2 is 1.90 bits per heavy atom. The molecular weight excluding hydrogens is 248 g/mol. The SMILES string of the molecule is CCc1cccc(NC(=O)C(N)c2ccc(C)cc2)c1. The molecular formula is C17H20N2O. The largest absolute Gasteiger partial charge is 0.324 e. The molecule has 0 fully saturated rings. The summed E-state index contributed by atoms with van der Waals surface area (Å²) >= 11 is 0. The summed E-state index contributed by atoms with van der Waals surface area (Å²) in [6, 6.07) is 14.9. The van der Waals surface area contributed by atoms with Gasteiger partial charge in [0, 0.05) is 5.69 Å². The zero-order chi connectivity index (χ0) is 14.5. The van der Waals surface area contributed by atoms with E-state index in [2.05, 4.69) is 12.2 Å². The lowest BCUT2D eigenvalue weighted by Crippen LogP contribution is -2.27. The Kier molecular flexibility index (Phi) is 4.53. The zero-order valence-corrected chi connectivity index (χ0v) is 11.9. The first-order valence-corrected chi connectivity index (χ1v) is 6.82. The third kappa shape index (κ3) is 3.45. The van der Waals surface area contributed by atoms with Gasteiger partial charge in [0.05, 0.1) is 0 Å². The van der Waals surface area contributed by atoms with Crippen molar-refractivity contribution < 1.29 is 4.79 Å². The number of carbonyl (C=O) groups excluding carboxylic acids is 1. The van der Waals surface area contributed by atoms with Crippen molar-refractivity contribution in [2.75, 3.05) is 5.32 Å². The molecule has 0 aliphatic heterocycles. The summed E-state index contributed by atoms with van der Waals surface area (Å²) in [6.45, 7) is 4.09. The van der Waals surface area contributed by atoms with Gasteiger partial charge in [0.1, 0.15) is 6.04 Å². The van der Waals surface area contributed by atoms with Crippen molar-refractivity contribution in [1.29, 1.82) is 0 Å². The number of amides is 1. The number of carbonyl (C=O) groups is 1. The Bertz CT molecular complexity index is 590. The molecule has 1 unspecified atom stereocenters. The molecule has 3 heteroatoms. The second-order valence-corrected chi connectivity index (χ2v) is 4.93. The fourth-order valence-corrected chi connectivity index (χ4v) is 2.01. The molecule has 0 bridgehead atoms. The van der Waals surface area contributed by atoms with Crippen molar-refractivity contribution >= 4 is 11.6 Å². The highest BCUT2D eigenvalue weighted by atomic mass is 16.2. The highest BCUT2D eigenvalue weighted by Gasteiger charge is 2.15. The van der Waals surface area contributed by atoms with Gasteiger partial charge in [0.25, 0.3) is 0 Å². The van der Waals surface area contributed by atoms with Gasteiger partial charge in [-0.2, -0.15) is 0 Å². The Morgan fingerprint density at radius 3 is 2.55 bits per heavy atom. The minimum absolute atomic E-state index is 0.192. The summed E-state index contributed by atoms with van der Waals surface area (Å²) in [4.78, 5) is 12.2. The number of aryl methyl sites for hydroxylation is 2. The predicted octanol–water partition coefficient (Wildman–Crippen LogP) is 3.20. The van der Waals surface area contributed by atoms with Crippen molar-refractivity contribution in [1.82, 2.24) is 0 Å². The van der Waals surface area contributed by atoms with Gasteiger partial charge < -0.3 is 11.1 Å². The molecule has 2 aromatic carbocycles. The van der Waals surface area contributed by atoms with Gasteiger partial charge >= 0.3 is 0 Å². The summed E-state index contributed by atoms with van der Waals surface area (Å²) in [5, 5.41) is 2.87. The highest BCUT2D eigenvalue weighted by Crippen LogP contribution is 2.16. The maximum absolute atomic E-state index is 12.2. The van der Waals surface area contributed by atoms with E-state index in [-0.39, 0.29) is 5.91 Å². The van der Waals surface area contributed by atoms with Gasteiger partial charge in [-0.25, -0.2) is 0 Å². The normalized spacial score (nSPS) is 11.9. The molecule has 3 N–H and O–H groups in total. The highest BCUT2D eigenvalue weighted by molar-refractivity contribution is 5.95. The standard InChI is InChI=1S/C17H20N2O/c1-3-13-5-4-6-15(11-13)19-17(20)16(18)14-9-7-12(2)8-10-14/h4-11,16H,3,18H2,1-2H3,(H,19,20). The summed E-state index contributed by atoms with van der Waals surface area (Å²) < 4.78 is 0. The first-order chi connectivity index (χ1) is 9.60. The number of hydrogen-bond acceptors (Lipinski definition) is 2. The first kappa shape index (κ1) is 14.3. The van der Waals surface area contributed by atoms with E-state index < -0.39 is 6.04 Å². The molecule has 20 heavy (non-hydrogen) atoms. The lowest BCUT2D eigenvalue weighted by atomic mass is 10.1. The van der Waals surface area contributed by atoms with Gasteiger partial charge in [0.2, 0.25) is 5.91 Å². The van der Waals surface area contributed by atoms with Crippen LogP contribution in [-0.2, 0) is 11.2 Å². The van der Waals surface area contributed by atoms with E-state index in [0.717, 1.165) is 23.2 Å². The number of rotatable bonds is 4. The first-order valence-electron chi connectivity index (χ1n) is 6.82. The van der Waals surface area contributed by atoms with Crippen LogP contribution in [-0.4, -0.2) is 5.91 Å². The number of nitrogens with one attached hydrogen (secondary N) is 1. The number of hydrogen-bond donors (Lipinski definition) is 2. The fourth-order valence-electron chi connectivity index (χ4n) is 2.01. The fraction of sp³-hybridized carbons (Fsp3) is 0.235. The molecule has 104 valence electrons. The summed E-state index contributed by atoms with van der Waals surface area (Å²) in [5.41, 5.74) is 9.94. The molecule has 1 atom stereocenters. The topological polar surface area (TPSA) is 55.1 Å². The van der Waals surface area contributed by atoms with Crippen LogP contribution in [0.25, 0.3) is 0 Å². The van der Waals surface area contributed by atoms with Crippen molar-refractivity contribution in [3.8, 4) is 0 Å². The van der Waals surface area contributed by atoms with Gasteiger partial charge in [-0.05, 0) is 36.6 Å². The third-order valence-electron chi connectivity index (χ3n) is 3.32. The van der Waals surface area contributed by atoms with Crippen LogP contribution in [0.5, 0.6) is 0 Å². The van der Waals surface area contributed by atoms with Crippen LogP contribution in [0, 0.1) is 6.92 Å². The van der Waals surface area contributed by atoms with Crippen LogP contribution in [0.15, 0.2) is 48.5 Å². The molecule has 0 spiro atoms. The molecule has 2 aromatic rings. The van der Waals surface area contributed by atoms with Gasteiger partial charge in [-0.3, -0.25) is 4.79 Å². The molecule has 0 saturated carbocycles. The monoisotopic (exact) mass is 268 g/mol. The molecule has 0 saturated heterocycles. The van der Waals surface area contributed by atoms with E-state index in [1.165, 1.54) is 5.56 Å². The molecule has 0 radical (unpaired) electrons. The number of anilines is 1. The minimum Gasteiger partial charge on any atom is -0.324 e. The molecule has 0 aliphatic carbocycles. The molecule has 0 heterocycles. The average molecular weight is 268 g/mol. The summed E-state index contributed by atoms with van der Waals surface area (Å²) in [5.74, 6) is -0.192. The zero-order valence-electron chi connectivity index (χ0n) is 11.9. The van der Waals surface area contributed by atoms with Crippen molar-refractivity contribution in [2.45, 2.75) is 26.3 Å². The van der Waals surface area contributed by atoms with Crippen LogP contribution in [0.4, 0.5) is 5.69 Å². The maximum atomic E-state index is 12.2. The van der Waals surface area contributed by atoms with E-state index in [1.807, 2.05) is 55.5 Å². The van der Waals surface area contributed by atoms with Crippen molar-refractivity contribution in [3.05, 3.63) is 65.2 Å². The summed E-state index contributed by atoms with van der Waals surface area (Å²) in [6.07, 6.45) is 0.938. The van der Waals surface area contributed by atoms with E-state index in [0.29, 0.717) is 0 Å². The van der Waals surface area contributed by atoms with E-state index >= 15 is 0 Å². The molecule has 1 amide bonds. The lowest BCUT2D eigenvalue weighted by molar-refractivity contribution is -0.117. The molecule has 0 aromatic heterocycles. The number of nitrogens with two attached hydrogens (primary N) is 1. The smallest absolute Gasteiger partial charge is 0.245 e. The maximum Gasteiger partial charge on any atom is 0.245 e. The second-order valence-electron chi connectivity index (χ2n) is 4.93. The van der Waals surface area contributed by atoms with Crippen molar-refractivity contribution in [3.63, 3.8) is 0 Å². The van der Waals surface area contributed by atoms with Crippen LogP contribution >= 0.6 is 0 Å². The Labute approximate surface area is 119 Å². The average Bonchev–Trinajstić information content (AvgIpc) is 2.47. The Morgan fingerprint density at radius 1 is 1.20 bits per heavy atom. The van der Waals surface area contributed by atoms with Crippen LogP contribution in [0.3, 0.4) is 0 Å². The lowest BCUT2D eigenvalue weighted by Gasteiger charge is -2.13. The van der Waals surface area contributed by atoms with Crippen LogP contribution < -0.4 is 11.1 Å². The van der Waals surface area contributed by atoms with E-state index in [9.17, 15) is 4.79 Å². The van der Waals surface area contributed by atoms with Crippen LogP contribution in [0.2, 0.25) is 0 Å². The second kappa shape index (κ2) is 6.35. The molecule has 2 rings (SSSR count). The van der Waals surface area contributed by atoms with Crippen LogP contribution in [0.1, 0.15) is 29.7 Å². The van der Waals surface area contributed by atoms with Gasteiger partial charge in [-0.1, -0.05) is 48.9 Å². The number of benzene rings is 2. The third-order valence-corrected chi connectivity index (χ3v) is 3.32. The quantitative estimate of drug-likeness (QED) is 0.894. The Balaban J connectivity index is 2.09. The Hall–Kier alpha value is -2.13. The predicted molar refractivity (Wildman–Crippen MR) is 82.6 cm³/mol. The molecule has 0 aliphatic rings. The van der Waals surface area contributed by atoms with E-state index in [4.69, 9.17) is 5.73 Å². The van der Waals surface area contributed by atoms with Crippen molar-refractivity contribution in [2.24, 2.45) is 5.73 Å². The minimum atomic E-state index is -0.652. The van der Waals surface area contributed by atoms with Gasteiger partial charge in [0.15, 0.2) is 0 Å².